The average molecular weight is 348 g/mol. The topological polar surface area (TPSA) is 93.4 Å². The van der Waals surface area contributed by atoms with Gasteiger partial charge < -0.3 is 5.32 Å². The summed E-state index contributed by atoms with van der Waals surface area (Å²) in [7, 11) is 2.87. The number of rotatable bonds is 3. The molecule has 24 heavy (non-hydrogen) atoms. The molecular weight excluding hydrogens is 332 g/mol. The molecule has 0 radical (unpaired) electrons. The van der Waals surface area contributed by atoms with Gasteiger partial charge in [0.05, 0.1) is 6.54 Å². The zero-order chi connectivity index (χ0) is 17.6. The van der Waals surface area contributed by atoms with Crippen LogP contribution in [0.4, 0.5) is 4.79 Å². The van der Waals surface area contributed by atoms with Crippen LogP contribution in [0, 0.1) is 0 Å². The van der Waals surface area contributed by atoms with Crippen molar-refractivity contribution in [3.8, 4) is 0 Å². The van der Waals surface area contributed by atoms with E-state index in [2.05, 4.69) is 5.32 Å². The average Bonchev–Trinajstić information content (AvgIpc) is 3.15. The van der Waals surface area contributed by atoms with Gasteiger partial charge in [-0.05, 0) is 18.4 Å². The number of hydrogen-bond acceptors (Lipinski definition) is 5. The van der Waals surface area contributed by atoms with Crippen molar-refractivity contribution in [1.82, 2.24) is 19.4 Å². The monoisotopic (exact) mass is 348 g/mol. The SMILES string of the molecule is Cn1c(CN2C(=O)NC(C)(c3cccs3)C2=O)cc(=O)n(C)c1=O. The highest BCUT2D eigenvalue weighted by Gasteiger charge is 2.49. The molecule has 0 aromatic carbocycles. The number of imide groups is 1. The van der Waals surface area contributed by atoms with Gasteiger partial charge in [0.1, 0.15) is 0 Å². The predicted molar refractivity (Wildman–Crippen MR) is 87.7 cm³/mol. The number of aromatic nitrogens is 2. The van der Waals surface area contributed by atoms with Crippen LogP contribution in [0.3, 0.4) is 0 Å². The Labute approximate surface area is 140 Å². The van der Waals surface area contributed by atoms with Gasteiger partial charge in [-0.3, -0.25) is 23.6 Å². The van der Waals surface area contributed by atoms with Crippen LogP contribution < -0.4 is 16.6 Å². The van der Waals surface area contributed by atoms with Gasteiger partial charge in [-0.1, -0.05) is 6.07 Å². The number of carbonyl (C=O) groups is 2. The van der Waals surface area contributed by atoms with Crippen molar-refractivity contribution in [3.63, 3.8) is 0 Å². The van der Waals surface area contributed by atoms with Gasteiger partial charge in [-0.15, -0.1) is 11.3 Å². The Bertz CT molecular complexity index is 943. The molecule has 3 heterocycles. The van der Waals surface area contributed by atoms with Gasteiger partial charge in [0.15, 0.2) is 5.54 Å². The molecule has 0 bridgehead atoms. The van der Waals surface area contributed by atoms with Crippen molar-refractivity contribution in [2.75, 3.05) is 0 Å². The molecule has 0 saturated carbocycles. The zero-order valence-electron chi connectivity index (χ0n) is 13.4. The highest BCUT2D eigenvalue weighted by molar-refractivity contribution is 7.10. The van der Waals surface area contributed by atoms with E-state index in [9.17, 15) is 19.2 Å². The first-order valence-electron chi connectivity index (χ1n) is 7.19. The highest BCUT2D eigenvalue weighted by atomic mass is 32.1. The third kappa shape index (κ3) is 2.28. The van der Waals surface area contributed by atoms with E-state index in [0.717, 1.165) is 14.3 Å². The number of amides is 3. The molecular formula is C15H16N4O4S. The fourth-order valence-electron chi connectivity index (χ4n) is 2.66. The molecule has 3 rings (SSSR count). The number of thiophene rings is 1. The van der Waals surface area contributed by atoms with Crippen molar-refractivity contribution < 1.29 is 9.59 Å². The minimum atomic E-state index is -1.14. The van der Waals surface area contributed by atoms with Crippen LogP contribution in [0.2, 0.25) is 0 Å². The van der Waals surface area contributed by atoms with Crippen LogP contribution >= 0.6 is 11.3 Å². The van der Waals surface area contributed by atoms with Crippen molar-refractivity contribution in [1.29, 1.82) is 0 Å². The van der Waals surface area contributed by atoms with E-state index in [4.69, 9.17) is 0 Å². The number of urea groups is 1. The smallest absolute Gasteiger partial charge is 0.319 e. The van der Waals surface area contributed by atoms with Gasteiger partial charge in [0.25, 0.3) is 11.5 Å². The molecule has 1 unspecified atom stereocenters. The molecule has 126 valence electrons. The molecule has 0 aliphatic carbocycles. The molecule has 2 aromatic rings. The highest BCUT2D eigenvalue weighted by Crippen LogP contribution is 2.32. The summed E-state index contributed by atoms with van der Waals surface area (Å²) in [6.07, 6.45) is 0. The Balaban J connectivity index is 1.98. The molecule has 1 fully saturated rings. The largest absolute Gasteiger partial charge is 0.330 e. The van der Waals surface area contributed by atoms with Gasteiger partial charge in [-0.25, -0.2) is 9.59 Å². The summed E-state index contributed by atoms with van der Waals surface area (Å²) >= 11 is 1.37. The van der Waals surface area contributed by atoms with Crippen molar-refractivity contribution >= 4 is 23.3 Å². The number of hydrogen-bond donors (Lipinski definition) is 1. The van der Waals surface area contributed by atoms with E-state index < -0.39 is 28.7 Å². The van der Waals surface area contributed by atoms with E-state index in [-0.39, 0.29) is 6.54 Å². The van der Waals surface area contributed by atoms with E-state index >= 15 is 0 Å². The fourth-order valence-corrected chi connectivity index (χ4v) is 3.50. The summed E-state index contributed by atoms with van der Waals surface area (Å²) < 4.78 is 2.22. The Morgan fingerprint density at radius 2 is 1.88 bits per heavy atom. The molecule has 1 atom stereocenters. The second-order valence-electron chi connectivity index (χ2n) is 5.80. The molecule has 2 aromatic heterocycles. The Hall–Kier alpha value is -2.68. The van der Waals surface area contributed by atoms with E-state index in [1.165, 1.54) is 36.1 Å². The Kier molecular flexibility index (Phi) is 3.67. The van der Waals surface area contributed by atoms with Crippen LogP contribution in [-0.2, 0) is 31.0 Å². The number of nitrogens with zero attached hydrogens (tertiary/aromatic N) is 3. The van der Waals surface area contributed by atoms with Crippen molar-refractivity contribution in [2.24, 2.45) is 14.1 Å². The zero-order valence-corrected chi connectivity index (χ0v) is 14.2. The maximum atomic E-state index is 12.8. The lowest BCUT2D eigenvalue weighted by molar-refractivity contribution is -0.131. The molecule has 3 amide bonds. The van der Waals surface area contributed by atoms with Crippen LogP contribution in [0.1, 0.15) is 17.5 Å². The first-order valence-corrected chi connectivity index (χ1v) is 8.07. The molecule has 1 aliphatic rings. The minimum absolute atomic E-state index is 0.145. The first kappa shape index (κ1) is 16.2. The van der Waals surface area contributed by atoms with Gasteiger partial charge >= 0.3 is 11.7 Å². The summed E-state index contributed by atoms with van der Waals surface area (Å²) in [5, 5.41) is 4.52. The van der Waals surface area contributed by atoms with Crippen LogP contribution in [0.15, 0.2) is 33.2 Å². The summed E-state index contributed by atoms with van der Waals surface area (Å²) in [4.78, 5) is 50.6. The van der Waals surface area contributed by atoms with Crippen LogP contribution in [0.5, 0.6) is 0 Å². The molecule has 1 N–H and O–H groups in total. The summed E-state index contributed by atoms with van der Waals surface area (Å²) in [5.41, 5.74) is -1.84. The summed E-state index contributed by atoms with van der Waals surface area (Å²) in [5.74, 6) is -0.414. The Morgan fingerprint density at radius 3 is 2.50 bits per heavy atom. The first-order chi connectivity index (χ1) is 11.3. The van der Waals surface area contributed by atoms with E-state index in [1.807, 2.05) is 5.38 Å². The second-order valence-corrected chi connectivity index (χ2v) is 6.75. The molecule has 0 spiro atoms. The summed E-state index contributed by atoms with van der Waals surface area (Å²) in [6, 6.07) is 4.28. The van der Waals surface area contributed by atoms with E-state index in [0.29, 0.717) is 5.69 Å². The molecule has 8 nitrogen and oxygen atoms in total. The van der Waals surface area contributed by atoms with Gasteiger partial charge in [0, 0.05) is 30.7 Å². The lowest BCUT2D eigenvalue weighted by atomic mass is 10.0. The maximum absolute atomic E-state index is 12.8. The Morgan fingerprint density at radius 1 is 1.17 bits per heavy atom. The second kappa shape index (κ2) is 5.45. The molecule has 1 aliphatic heterocycles. The van der Waals surface area contributed by atoms with Crippen LogP contribution in [-0.4, -0.2) is 26.0 Å². The fraction of sp³-hybridized carbons (Fsp3) is 0.333. The molecule has 9 heteroatoms. The predicted octanol–water partition coefficient (Wildman–Crippen LogP) is 0.113. The third-order valence-corrected chi connectivity index (χ3v) is 5.33. The number of nitrogens with one attached hydrogen (secondary N) is 1. The number of carbonyl (C=O) groups excluding carboxylic acids is 2. The third-order valence-electron chi connectivity index (χ3n) is 4.23. The quantitative estimate of drug-likeness (QED) is 0.797. The van der Waals surface area contributed by atoms with Gasteiger partial charge in [-0.2, -0.15) is 0 Å². The van der Waals surface area contributed by atoms with Crippen LogP contribution in [0.25, 0.3) is 0 Å². The lowest BCUT2D eigenvalue weighted by Gasteiger charge is -2.20. The lowest BCUT2D eigenvalue weighted by Crippen LogP contribution is -2.41. The minimum Gasteiger partial charge on any atom is -0.319 e. The summed E-state index contributed by atoms with van der Waals surface area (Å²) in [6.45, 7) is 1.50. The molecule has 1 saturated heterocycles. The van der Waals surface area contributed by atoms with Gasteiger partial charge in [0.2, 0.25) is 0 Å². The normalized spacial score (nSPS) is 20.5. The standard InChI is InChI=1S/C15H16N4O4S/c1-15(10-5-4-6-24-10)12(21)19(13(22)16-15)8-9-7-11(20)18(3)14(23)17(9)2/h4-7H,8H2,1-3H3,(H,16,22). The maximum Gasteiger partial charge on any atom is 0.330 e. The van der Waals surface area contributed by atoms with E-state index in [1.54, 1.807) is 19.1 Å². The van der Waals surface area contributed by atoms with Crippen molar-refractivity contribution in [3.05, 3.63) is 55.0 Å². The van der Waals surface area contributed by atoms with Crippen molar-refractivity contribution in [2.45, 2.75) is 19.0 Å².